The highest BCUT2D eigenvalue weighted by Gasteiger charge is 2.58. The van der Waals surface area contributed by atoms with E-state index >= 15 is 0 Å². The Morgan fingerprint density at radius 1 is 1.11 bits per heavy atom. The van der Waals surface area contributed by atoms with Gasteiger partial charge in [-0.2, -0.15) is 0 Å². The summed E-state index contributed by atoms with van der Waals surface area (Å²) in [6, 6.07) is 0. The van der Waals surface area contributed by atoms with Crippen molar-refractivity contribution in [3.8, 4) is 0 Å². The Bertz CT molecular complexity index is 365. The summed E-state index contributed by atoms with van der Waals surface area (Å²) in [7, 11) is 3.31. The summed E-state index contributed by atoms with van der Waals surface area (Å²) < 4.78 is 13.7. The number of nitrogens with zero attached hydrogens (tertiary/aromatic N) is 1. The molecule has 1 rings (SSSR count). The first kappa shape index (κ1) is 15.2. The number of ether oxygens (including phenoxy) is 3. The van der Waals surface area contributed by atoms with Crippen LogP contribution in [0.15, 0.2) is 0 Å². The van der Waals surface area contributed by atoms with Crippen LogP contribution >= 0.6 is 0 Å². The highest BCUT2D eigenvalue weighted by atomic mass is 16.6. The average molecular weight is 275 g/mol. The van der Waals surface area contributed by atoms with Crippen molar-refractivity contribution in [3.63, 3.8) is 0 Å². The summed E-state index contributed by atoms with van der Waals surface area (Å²) >= 11 is 0. The topological polar surface area (TPSA) is 102 Å². The number of piperidine rings is 1. The number of likely N-dealkylation sites (tertiary alicyclic amines) is 1. The van der Waals surface area contributed by atoms with E-state index in [4.69, 9.17) is 0 Å². The van der Waals surface area contributed by atoms with Gasteiger partial charge in [0.2, 0.25) is 5.54 Å². The number of rotatable bonds is 2. The molecule has 1 aliphatic rings. The van der Waals surface area contributed by atoms with E-state index < -0.39 is 29.7 Å². The van der Waals surface area contributed by atoms with Gasteiger partial charge in [-0.15, -0.1) is 0 Å². The largest absolute Gasteiger partial charge is 0.467 e. The second kappa shape index (κ2) is 5.87. The number of aliphatic hydroxyl groups is 1. The van der Waals surface area contributed by atoms with Gasteiger partial charge in [-0.05, 0) is 6.42 Å². The minimum Gasteiger partial charge on any atom is -0.467 e. The molecule has 19 heavy (non-hydrogen) atoms. The van der Waals surface area contributed by atoms with E-state index in [0.717, 1.165) is 26.2 Å². The molecule has 0 aromatic heterocycles. The summed E-state index contributed by atoms with van der Waals surface area (Å²) in [5.74, 6) is -1.94. The van der Waals surface area contributed by atoms with Gasteiger partial charge < -0.3 is 19.3 Å². The molecule has 0 radical (unpaired) electrons. The third-order valence-electron chi connectivity index (χ3n) is 3.12. The SMILES string of the molecule is COC(=O)N1CCC(O)CC1(C(=O)OC)C(=O)OC. The van der Waals surface area contributed by atoms with Crippen LogP contribution in [-0.4, -0.2) is 67.6 Å². The highest BCUT2D eigenvalue weighted by molar-refractivity contribution is 6.07. The summed E-state index contributed by atoms with van der Waals surface area (Å²) in [5, 5.41) is 9.71. The number of carbonyl (C=O) groups is 3. The van der Waals surface area contributed by atoms with Gasteiger partial charge in [0, 0.05) is 13.0 Å². The summed E-state index contributed by atoms with van der Waals surface area (Å²) in [6.07, 6.45) is -1.84. The lowest BCUT2D eigenvalue weighted by Crippen LogP contribution is -2.67. The molecule has 8 nitrogen and oxygen atoms in total. The predicted octanol–water partition coefficient (Wildman–Crippen LogP) is -0.706. The van der Waals surface area contributed by atoms with E-state index in [1.807, 2.05) is 0 Å². The Balaban J connectivity index is 3.29. The normalized spacial score (nSPS) is 21.5. The maximum Gasteiger partial charge on any atom is 0.410 e. The number of esters is 2. The molecular weight excluding hydrogens is 258 g/mol. The van der Waals surface area contributed by atoms with Crippen LogP contribution in [0.25, 0.3) is 0 Å². The summed E-state index contributed by atoms with van der Waals surface area (Å²) in [6.45, 7) is -0.0158. The van der Waals surface area contributed by atoms with Crippen molar-refractivity contribution in [1.82, 2.24) is 4.90 Å². The number of carbonyl (C=O) groups excluding carboxylic acids is 3. The third kappa shape index (κ3) is 2.48. The van der Waals surface area contributed by atoms with Gasteiger partial charge in [-0.25, -0.2) is 14.4 Å². The molecule has 0 saturated carbocycles. The van der Waals surface area contributed by atoms with Crippen molar-refractivity contribution >= 4 is 18.0 Å². The molecule has 1 heterocycles. The van der Waals surface area contributed by atoms with Crippen LogP contribution in [0.5, 0.6) is 0 Å². The number of aliphatic hydroxyl groups excluding tert-OH is 1. The van der Waals surface area contributed by atoms with Gasteiger partial charge in [-0.1, -0.05) is 0 Å². The molecule has 1 saturated heterocycles. The number of hydrogen-bond donors (Lipinski definition) is 1. The van der Waals surface area contributed by atoms with Crippen LogP contribution in [-0.2, 0) is 23.8 Å². The molecule has 1 N–H and O–H groups in total. The smallest absolute Gasteiger partial charge is 0.410 e. The maximum absolute atomic E-state index is 12.0. The Kier molecular flexibility index (Phi) is 4.71. The monoisotopic (exact) mass is 275 g/mol. The van der Waals surface area contributed by atoms with Crippen molar-refractivity contribution in [3.05, 3.63) is 0 Å². The van der Waals surface area contributed by atoms with Gasteiger partial charge in [0.25, 0.3) is 0 Å². The highest BCUT2D eigenvalue weighted by Crippen LogP contribution is 2.31. The molecule has 1 fully saturated rings. The number of methoxy groups -OCH3 is 3. The van der Waals surface area contributed by atoms with Crippen LogP contribution in [0.2, 0.25) is 0 Å². The quantitative estimate of drug-likeness (QED) is 0.403. The molecule has 1 atom stereocenters. The lowest BCUT2D eigenvalue weighted by molar-refractivity contribution is -0.177. The van der Waals surface area contributed by atoms with Crippen molar-refractivity contribution in [1.29, 1.82) is 0 Å². The fraction of sp³-hybridized carbons (Fsp3) is 0.727. The molecular formula is C11H17NO7. The minimum absolute atomic E-state index is 0.0158. The summed E-state index contributed by atoms with van der Waals surface area (Å²) in [5.41, 5.74) is -2.01. The van der Waals surface area contributed by atoms with E-state index in [2.05, 4.69) is 14.2 Å². The van der Waals surface area contributed by atoms with Crippen LogP contribution in [0, 0.1) is 0 Å². The number of hydrogen-bond acceptors (Lipinski definition) is 7. The summed E-state index contributed by atoms with van der Waals surface area (Å²) in [4.78, 5) is 36.6. The molecule has 1 unspecified atom stereocenters. The van der Waals surface area contributed by atoms with Crippen LogP contribution in [0.3, 0.4) is 0 Å². The first-order valence-corrected chi connectivity index (χ1v) is 5.64. The first-order chi connectivity index (χ1) is 8.93. The molecule has 0 spiro atoms. The molecule has 108 valence electrons. The average Bonchev–Trinajstić information content (AvgIpc) is 2.44. The standard InChI is InChI=1S/C11H17NO7/c1-17-8(14)11(9(15)18-2)6-7(13)4-5-12(11)10(16)19-3/h7,13H,4-6H2,1-3H3. The number of amides is 1. The van der Waals surface area contributed by atoms with Gasteiger partial charge in [-0.3, -0.25) is 4.90 Å². The van der Waals surface area contributed by atoms with E-state index in [0.29, 0.717) is 0 Å². The zero-order valence-electron chi connectivity index (χ0n) is 11.0. The molecule has 0 aromatic rings. The third-order valence-corrected chi connectivity index (χ3v) is 3.12. The second-order valence-corrected chi connectivity index (χ2v) is 4.11. The molecule has 0 aromatic carbocycles. The zero-order valence-corrected chi connectivity index (χ0v) is 11.0. The Morgan fingerprint density at radius 3 is 2.05 bits per heavy atom. The molecule has 1 aliphatic heterocycles. The molecule has 0 aliphatic carbocycles. The van der Waals surface area contributed by atoms with Gasteiger partial charge in [0.1, 0.15) is 0 Å². The van der Waals surface area contributed by atoms with Crippen molar-refractivity contribution in [2.45, 2.75) is 24.5 Å². The lowest BCUT2D eigenvalue weighted by Gasteiger charge is -2.42. The van der Waals surface area contributed by atoms with E-state index in [1.54, 1.807) is 0 Å². The van der Waals surface area contributed by atoms with Crippen molar-refractivity contribution < 1.29 is 33.7 Å². The second-order valence-electron chi connectivity index (χ2n) is 4.11. The maximum atomic E-state index is 12.0. The van der Waals surface area contributed by atoms with Crippen LogP contribution < -0.4 is 0 Å². The molecule has 0 bridgehead atoms. The van der Waals surface area contributed by atoms with Crippen molar-refractivity contribution in [2.24, 2.45) is 0 Å². The Hall–Kier alpha value is -1.83. The minimum atomic E-state index is -2.01. The van der Waals surface area contributed by atoms with Gasteiger partial charge in [0.15, 0.2) is 0 Å². The Morgan fingerprint density at radius 2 is 1.63 bits per heavy atom. The van der Waals surface area contributed by atoms with Crippen LogP contribution in [0.1, 0.15) is 12.8 Å². The van der Waals surface area contributed by atoms with E-state index in [-0.39, 0.29) is 19.4 Å². The molecule has 8 heteroatoms. The van der Waals surface area contributed by atoms with Crippen molar-refractivity contribution in [2.75, 3.05) is 27.9 Å². The van der Waals surface area contributed by atoms with Crippen LogP contribution in [0.4, 0.5) is 4.79 Å². The Labute approximate surface area is 110 Å². The van der Waals surface area contributed by atoms with E-state index in [1.165, 1.54) is 0 Å². The zero-order chi connectivity index (χ0) is 14.6. The fourth-order valence-corrected chi connectivity index (χ4v) is 2.19. The van der Waals surface area contributed by atoms with Gasteiger partial charge >= 0.3 is 18.0 Å². The fourth-order valence-electron chi connectivity index (χ4n) is 2.19. The predicted molar refractivity (Wildman–Crippen MR) is 61.1 cm³/mol. The lowest BCUT2D eigenvalue weighted by atomic mass is 9.85. The molecule has 1 amide bonds. The first-order valence-electron chi connectivity index (χ1n) is 5.64. The van der Waals surface area contributed by atoms with Gasteiger partial charge in [0.05, 0.1) is 27.4 Å². The van der Waals surface area contributed by atoms with E-state index in [9.17, 15) is 19.5 Å².